The Balaban J connectivity index is 3.88. The topological polar surface area (TPSA) is 104 Å². The van der Waals surface area contributed by atoms with Crippen LogP contribution in [0.3, 0.4) is 0 Å². The molecule has 6 heteroatoms. The third-order valence-corrected chi connectivity index (χ3v) is 8.97. The molecule has 0 aliphatic heterocycles. The second kappa shape index (κ2) is 35.5. The van der Waals surface area contributed by atoms with Crippen molar-refractivity contribution >= 4 is 11.9 Å². The number of carboxylic acid groups (broad SMARTS) is 1. The first-order valence-corrected chi connectivity index (χ1v) is 19.3. The molecule has 2 atom stereocenters. The van der Waals surface area contributed by atoms with Gasteiger partial charge in [-0.15, -0.1) is 0 Å². The summed E-state index contributed by atoms with van der Waals surface area (Å²) in [6, 6.07) is 0. The zero-order valence-corrected chi connectivity index (χ0v) is 29.5. The Labute approximate surface area is 278 Å². The first-order valence-electron chi connectivity index (χ1n) is 19.3. The van der Waals surface area contributed by atoms with Crippen molar-refractivity contribution in [3.05, 3.63) is 12.2 Å². The number of hydrogen-bond donors (Lipinski definition) is 3. The molecule has 0 radical (unpaired) electrons. The molecule has 3 N–H and O–H groups in total. The summed E-state index contributed by atoms with van der Waals surface area (Å²) < 4.78 is 5.34. The normalized spacial score (nSPS) is 13.0. The molecule has 266 valence electrons. The zero-order chi connectivity index (χ0) is 33.1. The summed E-state index contributed by atoms with van der Waals surface area (Å²) in [7, 11) is 0. The minimum Gasteiger partial charge on any atom is -0.481 e. The van der Waals surface area contributed by atoms with Gasteiger partial charge in [-0.1, -0.05) is 160 Å². The molecule has 0 amide bonds. The number of rotatable bonds is 36. The van der Waals surface area contributed by atoms with E-state index in [-0.39, 0.29) is 25.1 Å². The highest BCUT2D eigenvalue weighted by atomic mass is 16.5. The number of carboxylic acids is 1. The van der Waals surface area contributed by atoms with Crippen molar-refractivity contribution in [2.75, 3.05) is 13.2 Å². The highest BCUT2D eigenvalue weighted by Crippen LogP contribution is 2.21. The highest BCUT2D eigenvalue weighted by molar-refractivity contribution is 5.72. The molecular formula is C39H74O6. The Bertz CT molecular complexity index is 664. The lowest BCUT2D eigenvalue weighted by atomic mass is 9.94. The highest BCUT2D eigenvalue weighted by Gasteiger charge is 2.20. The predicted molar refractivity (Wildman–Crippen MR) is 189 cm³/mol. The summed E-state index contributed by atoms with van der Waals surface area (Å²) in [5, 5.41) is 27.3. The summed E-state index contributed by atoms with van der Waals surface area (Å²) in [5.74, 6) is -0.988. The monoisotopic (exact) mass is 639 g/mol. The standard InChI is InChI=1S/C39H74O6/c1-2-3-4-5-6-7-8-9-13-16-19-22-25-28-31-36(39(44)45-35-37(41)34-40)32-29-26-23-20-17-14-11-10-12-15-18-21-24-27-30-33-38(42)43/h10,12,36-37,40-41H,2-9,11,13-35H2,1H3,(H,42,43). The molecule has 0 saturated carbocycles. The van der Waals surface area contributed by atoms with Crippen LogP contribution in [0.25, 0.3) is 0 Å². The Kier molecular flexibility index (Phi) is 34.4. The summed E-state index contributed by atoms with van der Waals surface area (Å²) >= 11 is 0. The van der Waals surface area contributed by atoms with Crippen LogP contribution in [0, 0.1) is 5.92 Å². The van der Waals surface area contributed by atoms with Gasteiger partial charge in [0, 0.05) is 6.42 Å². The van der Waals surface area contributed by atoms with E-state index in [1.807, 2.05) is 0 Å². The van der Waals surface area contributed by atoms with E-state index in [9.17, 15) is 14.7 Å². The van der Waals surface area contributed by atoms with E-state index >= 15 is 0 Å². The fourth-order valence-electron chi connectivity index (χ4n) is 5.98. The molecule has 2 unspecified atom stereocenters. The average Bonchev–Trinajstić information content (AvgIpc) is 3.03. The van der Waals surface area contributed by atoms with E-state index in [1.165, 1.54) is 122 Å². The van der Waals surface area contributed by atoms with Crippen molar-refractivity contribution in [3.63, 3.8) is 0 Å². The Hall–Kier alpha value is -1.40. The summed E-state index contributed by atoms with van der Waals surface area (Å²) in [6.45, 7) is 1.77. The molecule has 0 saturated heterocycles. The van der Waals surface area contributed by atoms with Crippen molar-refractivity contribution in [2.24, 2.45) is 5.92 Å². The third-order valence-electron chi connectivity index (χ3n) is 8.97. The second-order valence-electron chi connectivity index (χ2n) is 13.4. The van der Waals surface area contributed by atoms with Crippen LogP contribution in [0.1, 0.15) is 200 Å². The van der Waals surface area contributed by atoms with Crippen molar-refractivity contribution in [1.82, 2.24) is 0 Å². The van der Waals surface area contributed by atoms with Crippen LogP contribution in [0.5, 0.6) is 0 Å². The van der Waals surface area contributed by atoms with Crippen LogP contribution < -0.4 is 0 Å². The van der Waals surface area contributed by atoms with E-state index in [1.54, 1.807) is 0 Å². The quantitative estimate of drug-likeness (QED) is 0.0358. The molecule has 0 fully saturated rings. The maximum absolute atomic E-state index is 12.7. The molecule has 6 nitrogen and oxygen atoms in total. The minimum atomic E-state index is -0.993. The number of carbonyl (C=O) groups excluding carboxylic acids is 1. The van der Waals surface area contributed by atoms with Crippen LogP contribution in [-0.4, -0.2) is 46.6 Å². The Morgan fingerprint density at radius 3 is 1.36 bits per heavy atom. The number of aliphatic hydroxyl groups is 2. The maximum Gasteiger partial charge on any atom is 0.309 e. The molecule has 0 heterocycles. The molecule has 0 aromatic carbocycles. The van der Waals surface area contributed by atoms with Crippen LogP contribution in [0.4, 0.5) is 0 Å². The van der Waals surface area contributed by atoms with Crippen molar-refractivity contribution < 1.29 is 29.6 Å². The molecule has 0 aromatic rings. The van der Waals surface area contributed by atoms with Crippen LogP contribution in [-0.2, 0) is 14.3 Å². The van der Waals surface area contributed by atoms with Crippen LogP contribution >= 0.6 is 0 Å². The van der Waals surface area contributed by atoms with Gasteiger partial charge in [-0.05, 0) is 44.9 Å². The fraction of sp³-hybridized carbons (Fsp3) is 0.897. The van der Waals surface area contributed by atoms with Crippen molar-refractivity contribution in [2.45, 2.75) is 206 Å². The smallest absolute Gasteiger partial charge is 0.309 e. The van der Waals surface area contributed by atoms with E-state index in [2.05, 4.69) is 19.1 Å². The summed E-state index contributed by atoms with van der Waals surface area (Å²) in [5.41, 5.74) is 0. The number of aliphatic hydroxyl groups excluding tert-OH is 2. The van der Waals surface area contributed by atoms with Gasteiger partial charge in [0.1, 0.15) is 12.7 Å². The molecular weight excluding hydrogens is 564 g/mol. The van der Waals surface area contributed by atoms with Gasteiger partial charge in [0.2, 0.25) is 0 Å². The zero-order valence-electron chi connectivity index (χ0n) is 29.5. The lowest BCUT2D eigenvalue weighted by molar-refractivity contribution is -0.152. The number of hydrogen-bond acceptors (Lipinski definition) is 5. The minimum absolute atomic E-state index is 0.0944. The molecule has 0 rings (SSSR count). The van der Waals surface area contributed by atoms with E-state index in [4.69, 9.17) is 14.9 Å². The van der Waals surface area contributed by atoms with E-state index in [0.29, 0.717) is 6.42 Å². The molecule has 0 aliphatic rings. The summed E-state index contributed by atoms with van der Waals surface area (Å²) in [6.07, 6.45) is 38.9. The first-order chi connectivity index (χ1) is 22.0. The molecule has 0 aromatic heterocycles. The molecule has 45 heavy (non-hydrogen) atoms. The van der Waals surface area contributed by atoms with Gasteiger partial charge in [-0.2, -0.15) is 0 Å². The van der Waals surface area contributed by atoms with Gasteiger partial charge < -0.3 is 20.1 Å². The van der Waals surface area contributed by atoms with Gasteiger partial charge in [0.25, 0.3) is 0 Å². The van der Waals surface area contributed by atoms with Crippen molar-refractivity contribution in [3.8, 4) is 0 Å². The fourth-order valence-corrected chi connectivity index (χ4v) is 5.98. The SMILES string of the molecule is CCCCCCCCCCCCCCCCC(CCCCCCCCC=CCCCCCCCC(=O)O)C(=O)OCC(O)CO. The number of allylic oxidation sites excluding steroid dienone is 2. The van der Waals surface area contributed by atoms with Crippen molar-refractivity contribution in [1.29, 1.82) is 0 Å². The van der Waals surface area contributed by atoms with Gasteiger partial charge in [0.05, 0.1) is 12.5 Å². The predicted octanol–water partition coefficient (Wildman–Crippen LogP) is 10.9. The van der Waals surface area contributed by atoms with Crippen LogP contribution in [0.15, 0.2) is 12.2 Å². The first kappa shape index (κ1) is 43.6. The van der Waals surface area contributed by atoms with Gasteiger partial charge >= 0.3 is 11.9 Å². The van der Waals surface area contributed by atoms with E-state index in [0.717, 1.165) is 64.2 Å². The maximum atomic E-state index is 12.7. The number of unbranched alkanes of at least 4 members (excludes halogenated alkanes) is 24. The number of esters is 1. The summed E-state index contributed by atoms with van der Waals surface area (Å²) in [4.78, 5) is 23.2. The van der Waals surface area contributed by atoms with Crippen LogP contribution in [0.2, 0.25) is 0 Å². The third kappa shape index (κ3) is 33.8. The average molecular weight is 639 g/mol. The molecule has 0 bridgehead atoms. The van der Waals surface area contributed by atoms with Gasteiger partial charge in [-0.25, -0.2) is 0 Å². The Morgan fingerprint density at radius 1 is 0.578 bits per heavy atom. The number of carbonyl (C=O) groups is 2. The lowest BCUT2D eigenvalue weighted by Gasteiger charge is -2.17. The Morgan fingerprint density at radius 2 is 0.956 bits per heavy atom. The van der Waals surface area contributed by atoms with E-state index < -0.39 is 12.1 Å². The van der Waals surface area contributed by atoms with Gasteiger partial charge in [0.15, 0.2) is 0 Å². The molecule has 0 aliphatic carbocycles. The number of ether oxygens (including phenoxy) is 1. The molecule has 0 spiro atoms. The largest absolute Gasteiger partial charge is 0.481 e. The van der Waals surface area contributed by atoms with Gasteiger partial charge in [-0.3, -0.25) is 9.59 Å². The second-order valence-corrected chi connectivity index (χ2v) is 13.4. The number of aliphatic carboxylic acids is 1. The lowest BCUT2D eigenvalue weighted by Crippen LogP contribution is -2.25.